The third-order valence-electron chi connectivity index (χ3n) is 4.77. The summed E-state index contributed by atoms with van der Waals surface area (Å²) in [6.45, 7) is 3.90. The lowest BCUT2D eigenvalue weighted by Gasteiger charge is -2.05. The van der Waals surface area contributed by atoms with Crippen molar-refractivity contribution < 1.29 is 4.79 Å². The second-order valence-electron chi connectivity index (χ2n) is 6.81. The van der Waals surface area contributed by atoms with Gasteiger partial charge >= 0.3 is 0 Å². The van der Waals surface area contributed by atoms with Crippen LogP contribution in [0.2, 0.25) is 0 Å². The number of hydrogen-bond acceptors (Lipinski definition) is 6. The number of benzene rings is 2. The molecule has 0 atom stereocenters. The fourth-order valence-electron chi connectivity index (χ4n) is 3.26. The first kappa shape index (κ1) is 20.3. The summed E-state index contributed by atoms with van der Waals surface area (Å²) in [5, 5.41) is 13.2. The molecule has 156 valence electrons. The molecule has 8 nitrogen and oxygen atoms in total. The zero-order chi connectivity index (χ0) is 22.0. The molecule has 0 fully saturated rings. The second kappa shape index (κ2) is 8.41. The van der Waals surface area contributed by atoms with Gasteiger partial charge in [-0.25, -0.2) is 4.68 Å². The van der Waals surface area contributed by atoms with Crippen molar-refractivity contribution in [3.05, 3.63) is 87.3 Å². The molecule has 4 N–H and O–H groups in total. The smallest absolute Gasteiger partial charge is 0.262 e. The minimum Gasteiger partial charge on any atom is -0.383 e. The summed E-state index contributed by atoms with van der Waals surface area (Å²) in [7, 11) is 0. The first-order valence-electron chi connectivity index (χ1n) is 9.52. The predicted octanol–water partition coefficient (Wildman–Crippen LogP) is 2.96. The average molecular weight is 432 g/mol. The van der Waals surface area contributed by atoms with Gasteiger partial charge in [0.25, 0.3) is 5.91 Å². The van der Waals surface area contributed by atoms with E-state index in [0.717, 1.165) is 39.7 Å². The number of primary amides is 1. The molecular formula is C22H21N7OS. The molecule has 0 saturated heterocycles. The number of nitrogen functional groups attached to an aromatic ring is 1. The number of aromatic nitrogens is 3. The van der Waals surface area contributed by atoms with Crippen molar-refractivity contribution in [1.82, 2.24) is 14.3 Å². The molecule has 0 aliphatic heterocycles. The number of nitrogens with zero attached hydrogens (tertiary/aromatic N) is 5. The van der Waals surface area contributed by atoms with Crippen molar-refractivity contribution in [1.29, 1.82) is 0 Å². The molecule has 31 heavy (non-hydrogen) atoms. The lowest BCUT2D eigenvalue weighted by Crippen LogP contribution is -2.16. The molecule has 2 heterocycles. The summed E-state index contributed by atoms with van der Waals surface area (Å²) in [5.74, 6) is -0.365. The molecule has 0 saturated carbocycles. The number of rotatable bonds is 5. The molecule has 2 aromatic heterocycles. The van der Waals surface area contributed by atoms with Crippen LogP contribution in [0.5, 0.6) is 0 Å². The molecule has 0 bridgehead atoms. The van der Waals surface area contributed by atoms with Gasteiger partial charge in [-0.05, 0) is 38.1 Å². The molecule has 0 spiro atoms. The Balaban J connectivity index is 1.77. The number of carbonyl (C=O) groups excluding carboxylic acids is 1. The van der Waals surface area contributed by atoms with Gasteiger partial charge in [-0.3, -0.25) is 9.36 Å². The van der Waals surface area contributed by atoms with Gasteiger partial charge in [-0.15, -0.1) is 5.10 Å². The zero-order valence-corrected chi connectivity index (χ0v) is 17.9. The summed E-state index contributed by atoms with van der Waals surface area (Å²) in [5.41, 5.74) is 16.1. The van der Waals surface area contributed by atoms with Crippen LogP contribution >= 0.6 is 11.3 Å². The van der Waals surface area contributed by atoms with Crippen molar-refractivity contribution in [2.45, 2.75) is 13.8 Å². The highest BCUT2D eigenvalue weighted by atomic mass is 32.1. The van der Waals surface area contributed by atoms with Crippen molar-refractivity contribution in [3.8, 4) is 11.4 Å². The Labute approximate surface area is 182 Å². The maximum Gasteiger partial charge on any atom is 0.262 e. The van der Waals surface area contributed by atoms with Crippen LogP contribution in [0, 0.1) is 13.8 Å². The molecule has 0 aliphatic carbocycles. The van der Waals surface area contributed by atoms with Gasteiger partial charge in [0.2, 0.25) is 4.80 Å². The molecule has 0 aliphatic rings. The number of amides is 1. The molecule has 4 rings (SSSR count). The monoisotopic (exact) mass is 431 g/mol. The fraction of sp³-hybridized carbons (Fsp3) is 0.0909. The highest BCUT2D eigenvalue weighted by molar-refractivity contribution is 7.12. The number of aryl methyl sites for hydroxylation is 1. The molecular weight excluding hydrogens is 410 g/mol. The third-order valence-corrected chi connectivity index (χ3v) is 5.84. The van der Waals surface area contributed by atoms with Crippen LogP contribution < -0.4 is 16.3 Å². The first-order valence-corrected chi connectivity index (χ1v) is 10.3. The van der Waals surface area contributed by atoms with Gasteiger partial charge in [0, 0.05) is 11.3 Å². The number of nitrogens with two attached hydrogens (primary N) is 2. The van der Waals surface area contributed by atoms with Crippen LogP contribution in [0.4, 0.5) is 5.82 Å². The van der Waals surface area contributed by atoms with Crippen LogP contribution in [-0.4, -0.2) is 26.5 Å². The van der Waals surface area contributed by atoms with E-state index in [1.807, 2.05) is 79.2 Å². The molecule has 9 heteroatoms. The minimum absolute atomic E-state index is 0.238. The van der Waals surface area contributed by atoms with Crippen molar-refractivity contribution >= 4 is 29.3 Å². The molecule has 0 radical (unpaired) electrons. The normalized spacial score (nSPS) is 12.0. The highest BCUT2D eigenvalue weighted by Crippen LogP contribution is 2.20. The van der Waals surface area contributed by atoms with E-state index in [1.165, 1.54) is 0 Å². The van der Waals surface area contributed by atoms with Crippen molar-refractivity contribution in [3.63, 3.8) is 0 Å². The second-order valence-corrected chi connectivity index (χ2v) is 7.79. The van der Waals surface area contributed by atoms with Gasteiger partial charge in [0.1, 0.15) is 10.7 Å². The number of hydrogen-bond donors (Lipinski definition) is 2. The summed E-state index contributed by atoms with van der Waals surface area (Å²) in [4.78, 5) is 12.5. The van der Waals surface area contributed by atoms with Crippen molar-refractivity contribution in [2.24, 2.45) is 15.9 Å². The molecule has 4 aromatic rings. The van der Waals surface area contributed by atoms with Crippen molar-refractivity contribution in [2.75, 3.05) is 5.73 Å². The Morgan fingerprint density at radius 3 is 2.26 bits per heavy atom. The van der Waals surface area contributed by atoms with E-state index < -0.39 is 5.91 Å². The van der Waals surface area contributed by atoms with Gasteiger partial charge in [0.05, 0.1) is 23.3 Å². The fourth-order valence-corrected chi connectivity index (χ4v) is 4.12. The van der Waals surface area contributed by atoms with Crippen LogP contribution in [0.15, 0.2) is 70.9 Å². The number of anilines is 1. The molecule has 0 unspecified atom stereocenters. The van der Waals surface area contributed by atoms with E-state index in [0.29, 0.717) is 4.80 Å². The Morgan fingerprint density at radius 1 is 1.03 bits per heavy atom. The van der Waals surface area contributed by atoms with E-state index >= 15 is 0 Å². The lowest BCUT2D eigenvalue weighted by atomic mass is 10.2. The average Bonchev–Trinajstić information content (AvgIpc) is 3.26. The number of para-hydroxylation sites is 2. The summed E-state index contributed by atoms with van der Waals surface area (Å²) < 4.78 is 3.53. The lowest BCUT2D eigenvalue weighted by molar-refractivity contribution is 0.100. The summed E-state index contributed by atoms with van der Waals surface area (Å²) >= 11 is 1.10. The topological polar surface area (TPSA) is 117 Å². The summed E-state index contributed by atoms with van der Waals surface area (Å²) in [6, 6.07) is 19.3. The van der Waals surface area contributed by atoms with Gasteiger partial charge in [0.15, 0.2) is 0 Å². The zero-order valence-electron chi connectivity index (χ0n) is 17.1. The van der Waals surface area contributed by atoms with Crippen LogP contribution in [-0.2, 0) is 0 Å². The first-order chi connectivity index (χ1) is 15.0. The molecule has 1 amide bonds. The van der Waals surface area contributed by atoms with E-state index in [9.17, 15) is 4.79 Å². The largest absolute Gasteiger partial charge is 0.383 e. The van der Waals surface area contributed by atoms with Gasteiger partial charge in [-0.1, -0.05) is 47.7 Å². The maximum absolute atomic E-state index is 11.8. The van der Waals surface area contributed by atoms with Crippen LogP contribution in [0.25, 0.3) is 11.4 Å². The van der Waals surface area contributed by atoms with E-state index in [4.69, 9.17) is 11.5 Å². The number of carbonyl (C=O) groups is 1. The minimum atomic E-state index is -0.603. The Morgan fingerprint density at radius 2 is 1.65 bits per heavy atom. The maximum atomic E-state index is 11.8. The van der Waals surface area contributed by atoms with Gasteiger partial charge < -0.3 is 11.5 Å². The van der Waals surface area contributed by atoms with E-state index in [-0.39, 0.29) is 10.7 Å². The predicted molar refractivity (Wildman–Crippen MR) is 123 cm³/mol. The quantitative estimate of drug-likeness (QED) is 0.374. The van der Waals surface area contributed by atoms with Gasteiger partial charge in [-0.2, -0.15) is 10.2 Å². The highest BCUT2D eigenvalue weighted by Gasteiger charge is 2.16. The van der Waals surface area contributed by atoms with Crippen LogP contribution in [0.3, 0.4) is 0 Å². The summed E-state index contributed by atoms with van der Waals surface area (Å²) in [6.07, 6.45) is 1.66. The van der Waals surface area contributed by atoms with E-state index in [1.54, 1.807) is 10.8 Å². The Kier molecular flexibility index (Phi) is 5.50. The standard InChI is InChI=1S/C22H21N7OS/c1-14-18(15(2)29(27-14)17-11-7-4-8-12-17)13-25-26-22-28(16-9-5-3-6-10-16)20(23)19(31-22)21(24)30/h3-13H,23H2,1-2H3,(H2,24,30). The third kappa shape index (κ3) is 3.90. The van der Waals surface area contributed by atoms with E-state index in [2.05, 4.69) is 15.3 Å². The Hall–Kier alpha value is -3.98. The van der Waals surface area contributed by atoms with Crippen LogP contribution in [0.1, 0.15) is 26.6 Å². The Bertz CT molecular complexity index is 1330. The molecule has 2 aromatic carbocycles. The number of thiazole rings is 1. The SMILES string of the molecule is Cc1nn(-c2ccccc2)c(C)c1C=NN=c1sc(C(N)=O)c(N)n1-c1ccccc1.